The predicted molar refractivity (Wildman–Crippen MR) is 142 cm³/mol. The lowest BCUT2D eigenvalue weighted by atomic mass is 10.0. The molecule has 17 nitrogen and oxygen atoms in total. The van der Waals surface area contributed by atoms with Crippen molar-refractivity contribution in [1.29, 1.82) is 0 Å². The van der Waals surface area contributed by atoms with Gasteiger partial charge in [0.25, 0.3) is 11.8 Å². The second kappa shape index (κ2) is 10.6. The van der Waals surface area contributed by atoms with Gasteiger partial charge in [0.2, 0.25) is 17.1 Å². The van der Waals surface area contributed by atoms with Crippen molar-refractivity contribution >= 4 is 63.7 Å². The lowest BCUT2D eigenvalue weighted by Gasteiger charge is -2.49. The summed E-state index contributed by atoms with van der Waals surface area (Å²) in [6, 6.07) is 0.710. The standard InChI is InChI=1S/C22H25N9O8S2/c1-22(2,20(37)38)39-27-12(15-26-21(23)41-28-15)16(33)25-13-17(34)31-14(19(35)36)9(8-40-18(13)31)6-29-4-3-11-24-5-10(32)7-30(11)29/h3-4,10,13,18,32H,5-8H2,1-2H3,(H5,23,25,26,28,33,35,36,37,38)/p+1/t10?,13-,18-/m1/s1. The summed E-state index contributed by atoms with van der Waals surface area (Å²) in [7, 11) is 0. The van der Waals surface area contributed by atoms with Crippen molar-refractivity contribution in [3.63, 3.8) is 0 Å². The van der Waals surface area contributed by atoms with E-state index < -0.39 is 52.6 Å². The summed E-state index contributed by atoms with van der Waals surface area (Å²) < 4.78 is 7.49. The number of carboxylic acid groups (broad SMARTS) is 2. The number of carbonyl (C=O) groups is 4. The first-order chi connectivity index (χ1) is 19.4. The molecule has 0 aliphatic carbocycles. The molecule has 2 aromatic heterocycles. The van der Waals surface area contributed by atoms with Crippen LogP contribution < -0.4 is 21.0 Å². The molecular formula is C22H26N9O8S2+. The Bertz CT molecular complexity index is 1500. The van der Waals surface area contributed by atoms with Crippen LogP contribution in [0.3, 0.4) is 0 Å². The summed E-state index contributed by atoms with van der Waals surface area (Å²) >= 11 is 2.05. The molecule has 1 fully saturated rings. The Morgan fingerprint density at radius 1 is 1.37 bits per heavy atom. The van der Waals surface area contributed by atoms with E-state index in [1.54, 1.807) is 15.6 Å². The van der Waals surface area contributed by atoms with E-state index in [-0.39, 0.29) is 29.0 Å². The molecular weight excluding hydrogens is 582 g/mol. The van der Waals surface area contributed by atoms with Crippen LogP contribution in [0.2, 0.25) is 0 Å². The molecule has 1 unspecified atom stereocenters. The average Bonchev–Trinajstić information content (AvgIpc) is 3.52. The highest BCUT2D eigenvalue weighted by molar-refractivity contribution is 8.00. The van der Waals surface area contributed by atoms with E-state index in [1.165, 1.54) is 25.6 Å². The van der Waals surface area contributed by atoms with Crippen LogP contribution in [-0.2, 0) is 37.1 Å². The normalized spacial score (nSPS) is 22.3. The first-order valence-electron chi connectivity index (χ1n) is 12.2. The number of oxime groups is 1. The number of aromatic nitrogens is 4. The van der Waals surface area contributed by atoms with E-state index in [0.29, 0.717) is 18.7 Å². The minimum atomic E-state index is -1.79. The van der Waals surface area contributed by atoms with Crippen molar-refractivity contribution in [2.75, 3.05) is 23.3 Å². The van der Waals surface area contributed by atoms with Gasteiger partial charge in [-0.05, 0) is 13.8 Å². The topological polar surface area (TPSA) is 238 Å². The molecule has 0 saturated carbocycles. The van der Waals surface area contributed by atoms with Gasteiger partial charge in [0, 0.05) is 29.4 Å². The molecule has 5 heterocycles. The molecule has 0 spiro atoms. The Morgan fingerprint density at radius 3 is 2.78 bits per heavy atom. The number of hydrogen-bond acceptors (Lipinski definition) is 13. The van der Waals surface area contributed by atoms with E-state index in [9.17, 15) is 34.5 Å². The minimum absolute atomic E-state index is 0.0166. The third-order valence-corrected chi connectivity index (χ3v) is 8.42. The van der Waals surface area contributed by atoms with Crippen LogP contribution in [0, 0.1) is 0 Å². The molecule has 3 atom stereocenters. The summed E-state index contributed by atoms with van der Waals surface area (Å²) in [6.07, 6.45) is 1.16. The van der Waals surface area contributed by atoms with Crippen LogP contribution in [0.5, 0.6) is 0 Å². The van der Waals surface area contributed by atoms with Crippen LogP contribution in [0.15, 0.2) is 28.7 Å². The third-order valence-electron chi connectivity index (χ3n) is 6.53. The molecule has 19 heteroatoms. The largest absolute Gasteiger partial charge is 0.478 e. The van der Waals surface area contributed by atoms with Crippen LogP contribution in [0.4, 0.5) is 10.9 Å². The quantitative estimate of drug-likeness (QED) is 0.0784. The van der Waals surface area contributed by atoms with E-state index in [4.69, 9.17) is 10.6 Å². The number of nitrogen functional groups attached to an aromatic ring is 1. The number of nitrogens with two attached hydrogens (primary N) is 1. The van der Waals surface area contributed by atoms with Crippen LogP contribution >= 0.6 is 23.3 Å². The maximum atomic E-state index is 13.2. The lowest BCUT2D eigenvalue weighted by Crippen LogP contribution is -2.71. The van der Waals surface area contributed by atoms with Crippen molar-refractivity contribution < 1.29 is 44.0 Å². The number of aliphatic hydroxyl groups excluding tert-OH is 1. The molecule has 3 aliphatic heterocycles. The Hall–Kier alpha value is -4.23. The molecule has 7 N–H and O–H groups in total. The number of β-amino-alcohol motifs (C(OH)–C–C–N with tert-alkyl or cyclic N) is 1. The van der Waals surface area contributed by atoms with Gasteiger partial charge in [0.05, 0.1) is 12.2 Å². The number of fused-ring (bicyclic) bond motifs is 2. The van der Waals surface area contributed by atoms with Gasteiger partial charge in [0.1, 0.15) is 23.7 Å². The number of anilines is 2. The first-order valence-corrected chi connectivity index (χ1v) is 14.0. The SMILES string of the molecule is CC(C)(ON=C(C(=O)N[C@@H]1C(=O)N2C(C(=O)O)=C(C[n+]3ccc4n3CC(O)CN4)CS[C@H]12)c1nsc(N)n1)C(=O)O. The molecule has 218 valence electrons. The molecule has 3 aliphatic rings. The van der Waals surface area contributed by atoms with Crippen molar-refractivity contribution in [3.8, 4) is 0 Å². The molecule has 41 heavy (non-hydrogen) atoms. The fourth-order valence-electron chi connectivity index (χ4n) is 4.36. The highest BCUT2D eigenvalue weighted by Crippen LogP contribution is 2.40. The number of carbonyl (C=O) groups excluding carboxylic acids is 2. The maximum Gasteiger partial charge on any atom is 0.352 e. The fourth-order valence-corrected chi connectivity index (χ4v) is 6.13. The van der Waals surface area contributed by atoms with E-state index in [1.807, 2.05) is 6.07 Å². The number of aliphatic carboxylic acids is 2. The zero-order valence-corrected chi connectivity index (χ0v) is 23.3. The van der Waals surface area contributed by atoms with Gasteiger partial charge >= 0.3 is 11.9 Å². The second-order valence-electron chi connectivity index (χ2n) is 9.84. The molecule has 0 aromatic carbocycles. The molecule has 2 amide bonds. The minimum Gasteiger partial charge on any atom is -0.478 e. The highest BCUT2D eigenvalue weighted by Gasteiger charge is 2.55. The average molecular weight is 609 g/mol. The summed E-state index contributed by atoms with van der Waals surface area (Å²) in [5.41, 5.74) is 3.64. The smallest absolute Gasteiger partial charge is 0.352 e. The molecule has 5 rings (SSSR count). The zero-order valence-electron chi connectivity index (χ0n) is 21.7. The molecule has 2 aromatic rings. The van der Waals surface area contributed by atoms with Gasteiger partial charge in [-0.3, -0.25) is 14.5 Å². The summed E-state index contributed by atoms with van der Waals surface area (Å²) in [5.74, 6) is -3.41. The van der Waals surface area contributed by atoms with E-state index in [0.717, 1.165) is 22.3 Å². The Balaban J connectivity index is 1.36. The number of amides is 2. The second-order valence-corrected chi connectivity index (χ2v) is 11.7. The lowest BCUT2D eigenvalue weighted by molar-refractivity contribution is -0.768. The van der Waals surface area contributed by atoms with Crippen molar-refractivity contribution in [1.82, 2.24) is 24.3 Å². The van der Waals surface area contributed by atoms with Crippen LogP contribution in [0.25, 0.3) is 0 Å². The van der Waals surface area contributed by atoms with Gasteiger partial charge in [-0.25, -0.2) is 9.59 Å². The van der Waals surface area contributed by atoms with E-state index >= 15 is 0 Å². The van der Waals surface area contributed by atoms with Gasteiger partial charge in [-0.1, -0.05) is 5.16 Å². The van der Waals surface area contributed by atoms with E-state index in [2.05, 4.69) is 25.1 Å². The molecule has 0 radical (unpaired) electrons. The Morgan fingerprint density at radius 2 is 2.12 bits per heavy atom. The first kappa shape index (κ1) is 28.3. The third kappa shape index (κ3) is 5.30. The number of thioether (sulfide) groups is 1. The number of hydrogen-bond donors (Lipinski definition) is 6. The maximum absolute atomic E-state index is 13.2. The van der Waals surface area contributed by atoms with Gasteiger partial charge < -0.3 is 36.5 Å². The van der Waals surface area contributed by atoms with Crippen molar-refractivity contribution in [2.45, 2.75) is 50.1 Å². The fraction of sp³-hybridized carbons (Fsp3) is 0.455. The number of carboxylic acids is 2. The van der Waals surface area contributed by atoms with Crippen molar-refractivity contribution in [3.05, 3.63) is 29.4 Å². The highest BCUT2D eigenvalue weighted by atomic mass is 32.2. The summed E-state index contributed by atoms with van der Waals surface area (Å²) in [4.78, 5) is 60.2. The predicted octanol–water partition coefficient (Wildman–Crippen LogP) is -1.98. The van der Waals surface area contributed by atoms with Gasteiger partial charge in [-0.2, -0.15) is 9.36 Å². The summed E-state index contributed by atoms with van der Waals surface area (Å²) in [5, 5.41) is 37.9. The van der Waals surface area contributed by atoms with Crippen molar-refractivity contribution in [2.24, 2.45) is 5.16 Å². The number of nitrogens with zero attached hydrogens (tertiary/aromatic N) is 6. The number of nitrogens with one attached hydrogen (secondary N) is 2. The monoisotopic (exact) mass is 608 g/mol. The number of aliphatic hydroxyl groups is 1. The Kier molecular flexibility index (Phi) is 7.34. The number of rotatable bonds is 9. The summed E-state index contributed by atoms with van der Waals surface area (Å²) in [6.45, 7) is 3.35. The van der Waals surface area contributed by atoms with Crippen LogP contribution in [0.1, 0.15) is 19.7 Å². The van der Waals surface area contributed by atoms with Crippen LogP contribution in [-0.4, -0.2) is 99.1 Å². The Labute approximate surface area is 239 Å². The number of β-lactam (4-membered cyclic amide) rings is 1. The molecule has 1 saturated heterocycles. The molecule has 0 bridgehead atoms. The zero-order chi connectivity index (χ0) is 29.6. The van der Waals surface area contributed by atoms with Gasteiger partial charge in [0.15, 0.2) is 23.7 Å². The van der Waals surface area contributed by atoms with Gasteiger partial charge in [-0.15, -0.1) is 21.1 Å².